The van der Waals surface area contributed by atoms with E-state index >= 15 is 0 Å². The molecule has 104 valence electrons. The van der Waals surface area contributed by atoms with Crippen LogP contribution in [0.15, 0.2) is 29.4 Å². The number of carbonyl (C=O) groups is 1. The maximum atomic E-state index is 12.4. The molecular formula is C14H16N4O2. The summed E-state index contributed by atoms with van der Waals surface area (Å²) in [6.45, 7) is 3.18. The third-order valence-corrected chi connectivity index (χ3v) is 3.68. The number of aromatic nitrogens is 3. The fourth-order valence-corrected chi connectivity index (χ4v) is 2.61. The fourth-order valence-electron chi connectivity index (χ4n) is 2.61. The third-order valence-electron chi connectivity index (χ3n) is 3.68. The van der Waals surface area contributed by atoms with Crippen LogP contribution in [0, 0.1) is 6.92 Å². The Labute approximate surface area is 116 Å². The van der Waals surface area contributed by atoms with Crippen LogP contribution < -0.4 is 0 Å². The van der Waals surface area contributed by atoms with Crippen LogP contribution in [0.25, 0.3) is 0 Å². The highest BCUT2D eigenvalue weighted by atomic mass is 16.3. The molecule has 0 bridgehead atoms. The summed E-state index contributed by atoms with van der Waals surface area (Å²) in [5.74, 6) is 0.775. The van der Waals surface area contributed by atoms with Gasteiger partial charge in [0.15, 0.2) is 12.1 Å². The number of rotatable bonds is 2. The van der Waals surface area contributed by atoms with Gasteiger partial charge in [-0.3, -0.25) is 4.79 Å². The molecular weight excluding hydrogens is 256 g/mol. The van der Waals surface area contributed by atoms with Gasteiger partial charge in [-0.15, -0.1) is 0 Å². The van der Waals surface area contributed by atoms with Crippen molar-refractivity contribution in [3.63, 3.8) is 0 Å². The van der Waals surface area contributed by atoms with E-state index < -0.39 is 0 Å². The van der Waals surface area contributed by atoms with Crippen LogP contribution in [0.5, 0.6) is 0 Å². The Hall–Kier alpha value is -2.24. The van der Waals surface area contributed by atoms with E-state index in [2.05, 4.69) is 15.0 Å². The minimum atomic E-state index is -0.0602. The first kappa shape index (κ1) is 12.8. The summed E-state index contributed by atoms with van der Waals surface area (Å²) in [5.41, 5.74) is 1.41. The van der Waals surface area contributed by atoms with Crippen LogP contribution in [-0.2, 0) is 0 Å². The van der Waals surface area contributed by atoms with Crippen LogP contribution in [0.4, 0.5) is 0 Å². The molecule has 6 heteroatoms. The first-order valence-corrected chi connectivity index (χ1v) is 6.71. The Morgan fingerprint density at radius 3 is 3.05 bits per heavy atom. The summed E-state index contributed by atoms with van der Waals surface area (Å²) >= 11 is 0. The van der Waals surface area contributed by atoms with E-state index in [0.29, 0.717) is 18.0 Å². The summed E-state index contributed by atoms with van der Waals surface area (Å²) in [4.78, 5) is 26.5. The lowest BCUT2D eigenvalue weighted by molar-refractivity contribution is 0.0699. The Morgan fingerprint density at radius 2 is 2.35 bits per heavy atom. The van der Waals surface area contributed by atoms with Gasteiger partial charge < -0.3 is 9.32 Å². The van der Waals surface area contributed by atoms with Gasteiger partial charge in [0.05, 0.1) is 0 Å². The molecule has 2 aromatic heterocycles. The molecule has 1 atom stereocenters. The lowest BCUT2D eigenvalue weighted by Gasteiger charge is -2.32. The molecule has 1 amide bonds. The van der Waals surface area contributed by atoms with Crippen LogP contribution >= 0.6 is 0 Å². The number of oxazole rings is 1. The van der Waals surface area contributed by atoms with Gasteiger partial charge in [-0.1, -0.05) is 0 Å². The lowest BCUT2D eigenvalue weighted by Crippen LogP contribution is -2.39. The molecule has 3 heterocycles. The van der Waals surface area contributed by atoms with Gasteiger partial charge in [0.1, 0.15) is 12.1 Å². The maximum absolute atomic E-state index is 12.4. The van der Waals surface area contributed by atoms with Crippen LogP contribution in [0.3, 0.4) is 0 Å². The number of hydrogen-bond acceptors (Lipinski definition) is 5. The maximum Gasteiger partial charge on any atom is 0.276 e. The molecule has 0 aromatic carbocycles. The lowest BCUT2D eigenvalue weighted by atomic mass is 9.94. The molecule has 1 unspecified atom stereocenters. The van der Waals surface area contributed by atoms with E-state index in [1.165, 1.54) is 6.39 Å². The van der Waals surface area contributed by atoms with Gasteiger partial charge in [-0.25, -0.2) is 15.0 Å². The molecule has 20 heavy (non-hydrogen) atoms. The van der Waals surface area contributed by atoms with Crippen molar-refractivity contribution in [2.24, 2.45) is 0 Å². The number of piperidine rings is 1. The smallest absolute Gasteiger partial charge is 0.276 e. The van der Waals surface area contributed by atoms with E-state index in [0.717, 1.165) is 25.1 Å². The highest BCUT2D eigenvalue weighted by molar-refractivity contribution is 5.93. The largest absolute Gasteiger partial charge is 0.448 e. The summed E-state index contributed by atoms with van der Waals surface area (Å²) in [7, 11) is 0. The normalized spacial score (nSPS) is 19.1. The molecule has 3 rings (SSSR count). The van der Waals surface area contributed by atoms with Gasteiger partial charge in [-0.05, 0) is 25.8 Å². The second kappa shape index (κ2) is 5.40. The number of nitrogens with zero attached hydrogens (tertiary/aromatic N) is 4. The summed E-state index contributed by atoms with van der Waals surface area (Å²) < 4.78 is 5.11. The standard InChI is InChI=1S/C14H16N4O2/c1-10-13(17-9-20-10)14(19)18-6-2-3-11(7-18)12-4-5-15-8-16-12/h4-5,8-9,11H,2-3,6-7H2,1H3. The Bertz CT molecular complexity index is 596. The Balaban J connectivity index is 1.76. The van der Waals surface area contributed by atoms with Crippen LogP contribution in [-0.4, -0.2) is 38.8 Å². The summed E-state index contributed by atoms with van der Waals surface area (Å²) in [5, 5.41) is 0. The fraction of sp³-hybridized carbons (Fsp3) is 0.429. The minimum Gasteiger partial charge on any atom is -0.448 e. The number of likely N-dealkylation sites (tertiary alicyclic amines) is 1. The molecule has 1 aliphatic rings. The highest BCUT2D eigenvalue weighted by Gasteiger charge is 2.28. The SMILES string of the molecule is Cc1ocnc1C(=O)N1CCCC(c2ccncn2)C1. The van der Waals surface area contributed by atoms with Crippen molar-refractivity contribution < 1.29 is 9.21 Å². The average molecular weight is 272 g/mol. The second-order valence-electron chi connectivity index (χ2n) is 4.98. The molecule has 0 aliphatic carbocycles. The molecule has 1 fully saturated rings. The Morgan fingerprint density at radius 1 is 1.45 bits per heavy atom. The molecule has 1 saturated heterocycles. The van der Waals surface area contributed by atoms with Crippen molar-refractivity contribution >= 4 is 5.91 Å². The minimum absolute atomic E-state index is 0.0602. The predicted molar refractivity (Wildman–Crippen MR) is 71.2 cm³/mol. The van der Waals surface area contributed by atoms with Crippen molar-refractivity contribution in [2.75, 3.05) is 13.1 Å². The van der Waals surface area contributed by atoms with Gasteiger partial charge >= 0.3 is 0 Å². The molecule has 2 aromatic rings. The first-order chi connectivity index (χ1) is 9.75. The van der Waals surface area contributed by atoms with Crippen LogP contribution in [0.2, 0.25) is 0 Å². The number of amides is 1. The van der Waals surface area contributed by atoms with Gasteiger partial charge in [0.25, 0.3) is 5.91 Å². The molecule has 1 aliphatic heterocycles. The van der Waals surface area contributed by atoms with Crippen molar-refractivity contribution in [2.45, 2.75) is 25.7 Å². The number of hydrogen-bond donors (Lipinski definition) is 0. The first-order valence-electron chi connectivity index (χ1n) is 6.71. The molecule has 0 spiro atoms. The van der Waals surface area contributed by atoms with Crippen molar-refractivity contribution in [1.82, 2.24) is 19.9 Å². The quantitative estimate of drug-likeness (QED) is 0.833. The second-order valence-corrected chi connectivity index (χ2v) is 4.98. The molecule has 0 radical (unpaired) electrons. The van der Waals surface area contributed by atoms with Gasteiger partial charge in [-0.2, -0.15) is 0 Å². The molecule has 6 nitrogen and oxygen atoms in total. The summed E-state index contributed by atoms with van der Waals surface area (Å²) in [6, 6.07) is 1.92. The zero-order chi connectivity index (χ0) is 13.9. The molecule has 0 saturated carbocycles. The van der Waals surface area contributed by atoms with E-state index in [-0.39, 0.29) is 11.8 Å². The predicted octanol–water partition coefficient (Wildman–Crippen LogP) is 1.79. The van der Waals surface area contributed by atoms with Crippen molar-refractivity contribution in [3.05, 3.63) is 42.1 Å². The highest BCUT2D eigenvalue weighted by Crippen LogP contribution is 2.26. The van der Waals surface area contributed by atoms with Crippen LogP contribution in [0.1, 0.15) is 40.7 Å². The number of carbonyl (C=O) groups excluding carboxylic acids is 1. The monoisotopic (exact) mass is 272 g/mol. The average Bonchev–Trinajstić information content (AvgIpc) is 2.94. The van der Waals surface area contributed by atoms with E-state index in [1.54, 1.807) is 19.4 Å². The topological polar surface area (TPSA) is 72.1 Å². The van der Waals surface area contributed by atoms with Crippen molar-refractivity contribution in [1.29, 1.82) is 0 Å². The van der Waals surface area contributed by atoms with E-state index in [4.69, 9.17) is 4.42 Å². The van der Waals surface area contributed by atoms with Gasteiger partial charge in [0.2, 0.25) is 0 Å². The number of aryl methyl sites for hydroxylation is 1. The van der Waals surface area contributed by atoms with E-state index in [1.807, 2.05) is 11.0 Å². The van der Waals surface area contributed by atoms with Crippen molar-refractivity contribution in [3.8, 4) is 0 Å². The van der Waals surface area contributed by atoms with E-state index in [9.17, 15) is 4.79 Å². The summed E-state index contributed by atoms with van der Waals surface area (Å²) in [6.07, 6.45) is 6.62. The third kappa shape index (κ3) is 2.41. The zero-order valence-electron chi connectivity index (χ0n) is 11.3. The van der Waals surface area contributed by atoms with Gasteiger partial charge in [0, 0.05) is 30.9 Å². The zero-order valence-corrected chi connectivity index (χ0v) is 11.3. The molecule has 0 N–H and O–H groups in total. The Kier molecular flexibility index (Phi) is 3.45.